The monoisotopic (exact) mass is 397 g/mol. The van der Waals surface area contributed by atoms with Crippen LogP contribution in [0.4, 0.5) is 11.4 Å². The molecule has 0 aliphatic heterocycles. The summed E-state index contributed by atoms with van der Waals surface area (Å²) in [5.74, 6) is -0.205. The Morgan fingerprint density at radius 2 is 1.96 bits per heavy atom. The lowest BCUT2D eigenvalue weighted by Crippen LogP contribution is -2.07. The third-order valence-electron chi connectivity index (χ3n) is 4.19. The summed E-state index contributed by atoms with van der Waals surface area (Å²) in [6.07, 6.45) is 0. The Morgan fingerprint density at radius 3 is 2.61 bits per heavy atom. The molecule has 2 aromatic carbocycles. The lowest BCUT2D eigenvalue weighted by atomic mass is 10.0. The topological polar surface area (TPSA) is 108 Å². The maximum absolute atomic E-state index is 12.2. The van der Waals surface area contributed by atoms with E-state index in [1.165, 1.54) is 29.0 Å². The number of thiazole rings is 1. The Bertz CT molecular complexity index is 1010. The average molecular weight is 397 g/mol. The third-order valence-corrected chi connectivity index (χ3v) is 5.13. The second-order valence-electron chi connectivity index (χ2n) is 6.53. The highest BCUT2D eigenvalue weighted by Gasteiger charge is 2.17. The zero-order valence-corrected chi connectivity index (χ0v) is 16.2. The van der Waals surface area contributed by atoms with Crippen LogP contribution >= 0.6 is 11.3 Å². The summed E-state index contributed by atoms with van der Waals surface area (Å²) < 4.78 is 5.23. The van der Waals surface area contributed by atoms with Crippen molar-refractivity contribution in [1.82, 2.24) is 4.98 Å². The van der Waals surface area contributed by atoms with Crippen LogP contribution in [0, 0.1) is 10.1 Å². The Hall–Kier alpha value is -3.26. The van der Waals surface area contributed by atoms with Gasteiger partial charge < -0.3 is 10.5 Å². The fourth-order valence-electron chi connectivity index (χ4n) is 2.57. The molecule has 0 aliphatic carbocycles. The molecule has 28 heavy (non-hydrogen) atoms. The van der Waals surface area contributed by atoms with Crippen LogP contribution in [0.1, 0.15) is 41.4 Å². The number of ether oxygens (including phenoxy) is 1. The van der Waals surface area contributed by atoms with Crippen molar-refractivity contribution in [3.05, 3.63) is 74.8 Å². The number of hydrogen-bond donors (Lipinski definition) is 1. The zero-order chi connectivity index (χ0) is 20.3. The molecule has 1 heterocycles. The summed E-state index contributed by atoms with van der Waals surface area (Å²) in [4.78, 5) is 27.0. The number of nitrogens with two attached hydrogens (primary N) is 1. The average Bonchev–Trinajstić information content (AvgIpc) is 3.15. The van der Waals surface area contributed by atoms with Crippen molar-refractivity contribution in [2.75, 3.05) is 5.73 Å². The first-order chi connectivity index (χ1) is 13.3. The van der Waals surface area contributed by atoms with Gasteiger partial charge in [-0.3, -0.25) is 10.1 Å². The number of hydrogen-bond acceptors (Lipinski definition) is 7. The second-order valence-corrected chi connectivity index (χ2v) is 7.39. The second kappa shape index (κ2) is 8.18. The number of benzene rings is 2. The van der Waals surface area contributed by atoms with Crippen LogP contribution in [-0.2, 0) is 11.3 Å². The Labute approximate surface area is 165 Å². The first kappa shape index (κ1) is 19.5. The van der Waals surface area contributed by atoms with E-state index < -0.39 is 10.9 Å². The van der Waals surface area contributed by atoms with Gasteiger partial charge in [0, 0.05) is 17.0 Å². The van der Waals surface area contributed by atoms with Crippen LogP contribution in [0.3, 0.4) is 0 Å². The highest BCUT2D eigenvalue weighted by atomic mass is 32.1. The molecular weight excluding hydrogens is 378 g/mol. The van der Waals surface area contributed by atoms with E-state index in [0.29, 0.717) is 11.6 Å². The van der Waals surface area contributed by atoms with Gasteiger partial charge in [-0.15, -0.1) is 11.3 Å². The minimum Gasteiger partial charge on any atom is -0.456 e. The number of carbonyl (C=O) groups excluding carboxylic acids is 1. The van der Waals surface area contributed by atoms with E-state index in [0.717, 1.165) is 16.6 Å². The van der Waals surface area contributed by atoms with Crippen molar-refractivity contribution in [1.29, 1.82) is 0 Å². The normalized spacial score (nSPS) is 10.8. The van der Waals surface area contributed by atoms with Crippen molar-refractivity contribution >= 4 is 28.7 Å². The van der Waals surface area contributed by atoms with E-state index in [1.807, 2.05) is 17.5 Å². The van der Waals surface area contributed by atoms with Crippen LogP contribution < -0.4 is 5.73 Å². The summed E-state index contributed by atoms with van der Waals surface area (Å²) >= 11 is 1.46. The fourth-order valence-corrected chi connectivity index (χ4v) is 3.38. The van der Waals surface area contributed by atoms with Crippen LogP contribution in [0.15, 0.2) is 47.8 Å². The van der Waals surface area contributed by atoms with E-state index in [9.17, 15) is 14.9 Å². The fraction of sp³-hybridized carbons (Fsp3) is 0.200. The number of aromatic nitrogens is 1. The molecule has 0 atom stereocenters. The molecule has 0 aliphatic rings. The highest BCUT2D eigenvalue weighted by Crippen LogP contribution is 2.26. The molecule has 0 saturated heterocycles. The molecule has 7 nitrogen and oxygen atoms in total. The lowest BCUT2D eigenvalue weighted by Gasteiger charge is -2.05. The number of esters is 1. The lowest BCUT2D eigenvalue weighted by molar-refractivity contribution is -0.383. The van der Waals surface area contributed by atoms with Crippen molar-refractivity contribution in [3.8, 4) is 10.6 Å². The highest BCUT2D eigenvalue weighted by molar-refractivity contribution is 7.13. The molecule has 2 N–H and O–H groups in total. The van der Waals surface area contributed by atoms with Gasteiger partial charge in [0.25, 0.3) is 5.69 Å². The minimum absolute atomic E-state index is 0.00539. The Kier molecular flexibility index (Phi) is 5.70. The first-order valence-corrected chi connectivity index (χ1v) is 9.49. The molecule has 0 bridgehead atoms. The molecule has 0 saturated carbocycles. The maximum atomic E-state index is 12.2. The molecule has 8 heteroatoms. The smallest absolute Gasteiger partial charge is 0.338 e. The van der Waals surface area contributed by atoms with Crippen molar-refractivity contribution in [2.45, 2.75) is 26.4 Å². The van der Waals surface area contributed by atoms with Gasteiger partial charge in [-0.2, -0.15) is 0 Å². The number of nitrogen functional groups attached to an aromatic ring is 1. The van der Waals surface area contributed by atoms with Gasteiger partial charge in [0.15, 0.2) is 0 Å². The maximum Gasteiger partial charge on any atom is 0.338 e. The third kappa shape index (κ3) is 4.34. The van der Waals surface area contributed by atoms with Crippen molar-refractivity contribution in [2.24, 2.45) is 0 Å². The van der Waals surface area contributed by atoms with E-state index >= 15 is 0 Å². The Balaban J connectivity index is 1.66. The van der Waals surface area contributed by atoms with Crippen LogP contribution in [0.5, 0.6) is 0 Å². The molecule has 144 valence electrons. The summed E-state index contributed by atoms with van der Waals surface area (Å²) in [7, 11) is 0. The number of nitro groups is 1. The van der Waals surface area contributed by atoms with Gasteiger partial charge >= 0.3 is 5.97 Å². The minimum atomic E-state index is -0.668. The molecule has 1 aromatic heterocycles. The van der Waals surface area contributed by atoms with E-state index in [1.54, 1.807) is 0 Å². The van der Waals surface area contributed by atoms with Crippen LogP contribution in [0.25, 0.3) is 10.6 Å². The first-order valence-electron chi connectivity index (χ1n) is 8.61. The molecule has 0 radical (unpaired) electrons. The summed E-state index contributed by atoms with van der Waals surface area (Å²) in [6, 6.07) is 12.0. The molecular formula is C20H19N3O4S. The Morgan fingerprint density at radius 1 is 1.25 bits per heavy atom. The largest absolute Gasteiger partial charge is 0.456 e. The van der Waals surface area contributed by atoms with Gasteiger partial charge in [0.1, 0.15) is 17.3 Å². The summed E-state index contributed by atoms with van der Waals surface area (Å²) in [6.45, 7) is 4.26. The SMILES string of the molecule is CC(C)c1ccc(-c2nc(COC(=O)c3ccc(N)c([N+](=O)[O-])c3)cs2)cc1. The van der Waals surface area contributed by atoms with Crippen LogP contribution in [0.2, 0.25) is 0 Å². The van der Waals surface area contributed by atoms with Gasteiger partial charge in [0.2, 0.25) is 0 Å². The van der Waals surface area contributed by atoms with Crippen molar-refractivity contribution < 1.29 is 14.5 Å². The van der Waals surface area contributed by atoms with Gasteiger partial charge in [-0.1, -0.05) is 38.1 Å². The van der Waals surface area contributed by atoms with Crippen LogP contribution in [-0.4, -0.2) is 15.9 Å². The molecule has 0 fully saturated rings. The predicted molar refractivity (Wildman–Crippen MR) is 108 cm³/mol. The van der Waals surface area contributed by atoms with E-state index in [4.69, 9.17) is 10.5 Å². The van der Waals surface area contributed by atoms with Gasteiger partial charge in [-0.05, 0) is 23.6 Å². The standard InChI is InChI=1S/C20H19N3O4S/c1-12(2)13-3-5-14(6-4-13)19-22-16(11-28-19)10-27-20(24)15-7-8-17(21)18(9-15)23(25)26/h3-9,11-12H,10,21H2,1-2H3. The van der Waals surface area contributed by atoms with E-state index in [-0.39, 0.29) is 23.5 Å². The molecule has 0 amide bonds. The van der Waals surface area contributed by atoms with Crippen molar-refractivity contribution in [3.63, 3.8) is 0 Å². The molecule has 3 rings (SSSR count). The quantitative estimate of drug-likeness (QED) is 0.277. The zero-order valence-electron chi connectivity index (χ0n) is 15.4. The molecule has 0 unspecified atom stereocenters. The summed E-state index contributed by atoms with van der Waals surface area (Å²) in [5.41, 5.74) is 8.15. The van der Waals surface area contributed by atoms with E-state index in [2.05, 4.69) is 31.0 Å². The number of anilines is 1. The predicted octanol–water partition coefficient (Wildman–Crippen LogP) is 4.78. The molecule has 3 aromatic rings. The summed E-state index contributed by atoms with van der Waals surface area (Å²) in [5, 5.41) is 13.6. The van der Waals surface area contributed by atoms with Gasteiger partial charge in [-0.25, -0.2) is 9.78 Å². The van der Waals surface area contributed by atoms with Gasteiger partial charge in [0.05, 0.1) is 16.2 Å². The number of nitro benzene ring substituents is 1. The number of nitrogens with zero attached hydrogens (tertiary/aromatic N) is 2. The molecule has 0 spiro atoms. The number of carbonyl (C=O) groups is 1. The number of rotatable bonds is 6.